The van der Waals surface area contributed by atoms with E-state index >= 15 is 0 Å². The Bertz CT molecular complexity index is 1090. The Kier molecular flexibility index (Phi) is 5.91. The SMILES string of the molecule is C=CCOc1ccc(C2CC(=O)N(c3ccccc3C(F)(F)F)C3=C2C(=O)CCC3)cc1. The van der Waals surface area contributed by atoms with Crippen LogP contribution in [0.15, 0.2) is 72.5 Å². The molecular formula is C25H22F3NO3. The zero-order chi connectivity index (χ0) is 22.9. The van der Waals surface area contributed by atoms with E-state index in [1.54, 1.807) is 30.3 Å². The lowest BCUT2D eigenvalue weighted by atomic mass is 9.77. The quantitative estimate of drug-likeness (QED) is 0.551. The van der Waals surface area contributed by atoms with Crippen LogP contribution < -0.4 is 9.64 Å². The third kappa shape index (κ3) is 4.07. The fourth-order valence-electron chi connectivity index (χ4n) is 4.42. The summed E-state index contributed by atoms with van der Waals surface area (Å²) < 4.78 is 46.5. The molecule has 4 rings (SSSR count). The number of ether oxygens (including phenoxy) is 1. The molecule has 4 nitrogen and oxygen atoms in total. The van der Waals surface area contributed by atoms with Gasteiger partial charge in [0.15, 0.2) is 5.78 Å². The van der Waals surface area contributed by atoms with Crippen molar-refractivity contribution in [3.8, 4) is 5.75 Å². The maximum atomic E-state index is 13.7. The van der Waals surface area contributed by atoms with Crippen LogP contribution in [0.3, 0.4) is 0 Å². The van der Waals surface area contributed by atoms with Gasteiger partial charge in [0.05, 0.1) is 11.3 Å². The summed E-state index contributed by atoms with van der Waals surface area (Å²) in [5.41, 5.74) is 0.466. The molecule has 0 saturated carbocycles. The zero-order valence-corrected chi connectivity index (χ0v) is 17.3. The summed E-state index contributed by atoms with van der Waals surface area (Å²) in [5.74, 6) is -0.439. The van der Waals surface area contributed by atoms with E-state index < -0.39 is 23.6 Å². The number of hydrogen-bond donors (Lipinski definition) is 0. The first-order valence-corrected chi connectivity index (χ1v) is 10.4. The minimum atomic E-state index is -4.62. The minimum absolute atomic E-state index is 0.0797. The molecule has 2 aromatic carbocycles. The van der Waals surface area contributed by atoms with Gasteiger partial charge in [0.2, 0.25) is 5.91 Å². The van der Waals surface area contributed by atoms with Crippen molar-refractivity contribution in [2.24, 2.45) is 0 Å². The van der Waals surface area contributed by atoms with Crippen LogP contribution in [-0.4, -0.2) is 18.3 Å². The number of halogens is 3. The molecule has 2 aliphatic rings. The molecule has 7 heteroatoms. The second-order valence-corrected chi connectivity index (χ2v) is 7.81. The Morgan fingerprint density at radius 2 is 1.78 bits per heavy atom. The van der Waals surface area contributed by atoms with Crippen LogP contribution in [0.4, 0.5) is 18.9 Å². The average molecular weight is 441 g/mol. The van der Waals surface area contributed by atoms with Crippen molar-refractivity contribution in [1.82, 2.24) is 0 Å². The summed E-state index contributed by atoms with van der Waals surface area (Å²) >= 11 is 0. The molecule has 0 saturated heterocycles. The Morgan fingerprint density at radius 3 is 2.47 bits per heavy atom. The van der Waals surface area contributed by atoms with Crippen molar-refractivity contribution < 1.29 is 27.5 Å². The van der Waals surface area contributed by atoms with Gasteiger partial charge < -0.3 is 4.74 Å². The summed E-state index contributed by atoms with van der Waals surface area (Å²) in [6.07, 6.45) is -1.89. The third-order valence-electron chi connectivity index (χ3n) is 5.78. The number of anilines is 1. The zero-order valence-electron chi connectivity index (χ0n) is 17.3. The van der Waals surface area contributed by atoms with Crippen LogP contribution in [0.2, 0.25) is 0 Å². The molecule has 0 fully saturated rings. The Balaban J connectivity index is 1.80. The molecule has 1 aliphatic carbocycles. The standard InChI is InChI=1S/C25H22F3NO3/c1-2-14-32-17-12-10-16(11-13-17)18-15-23(31)29(21-8-5-9-22(30)24(18)21)20-7-4-3-6-19(20)25(26,27)28/h2-4,6-7,10-13,18H,1,5,8-9,14-15H2. The number of carbonyl (C=O) groups excluding carboxylic acids is 2. The first-order chi connectivity index (χ1) is 15.3. The van der Waals surface area contributed by atoms with E-state index in [-0.39, 0.29) is 17.9 Å². The van der Waals surface area contributed by atoms with Gasteiger partial charge in [0, 0.05) is 30.0 Å². The largest absolute Gasteiger partial charge is 0.490 e. The van der Waals surface area contributed by atoms with Crippen LogP contribution in [0.5, 0.6) is 5.75 Å². The Morgan fingerprint density at radius 1 is 1.06 bits per heavy atom. The van der Waals surface area contributed by atoms with Crippen LogP contribution in [-0.2, 0) is 15.8 Å². The molecule has 2 aromatic rings. The first-order valence-electron chi connectivity index (χ1n) is 10.4. The van der Waals surface area contributed by atoms with Crippen LogP contribution in [0, 0.1) is 0 Å². The number of carbonyl (C=O) groups is 2. The van der Waals surface area contributed by atoms with Gasteiger partial charge in [0.1, 0.15) is 12.4 Å². The molecule has 0 radical (unpaired) electrons. The molecule has 0 spiro atoms. The predicted octanol–water partition coefficient (Wildman–Crippen LogP) is 5.80. The Labute approximate surface area is 184 Å². The van der Waals surface area contributed by atoms with E-state index in [0.717, 1.165) is 16.5 Å². The molecular weight excluding hydrogens is 419 g/mol. The van der Waals surface area contributed by atoms with E-state index in [9.17, 15) is 22.8 Å². The highest BCUT2D eigenvalue weighted by atomic mass is 19.4. The molecule has 1 amide bonds. The van der Waals surface area contributed by atoms with Gasteiger partial charge in [-0.15, -0.1) is 0 Å². The molecule has 32 heavy (non-hydrogen) atoms. The number of amides is 1. The molecule has 166 valence electrons. The molecule has 0 bridgehead atoms. The van der Waals surface area contributed by atoms with Gasteiger partial charge in [-0.1, -0.05) is 36.9 Å². The number of ketones is 1. The van der Waals surface area contributed by atoms with E-state index in [0.29, 0.717) is 42.9 Å². The molecule has 1 aliphatic heterocycles. The van der Waals surface area contributed by atoms with Crippen molar-refractivity contribution in [2.45, 2.75) is 37.8 Å². The smallest absolute Gasteiger partial charge is 0.418 e. The van der Waals surface area contributed by atoms with Crippen LogP contribution in [0.1, 0.15) is 42.7 Å². The Hall–Kier alpha value is -3.35. The molecule has 0 aromatic heterocycles. The maximum Gasteiger partial charge on any atom is 0.418 e. The number of para-hydroxylation sites is 1. The van der Waals surface area contributed by atoms with Crippen molar-refractivity contribution in [2.75, 3.05) is 11.5 Å². The maximum absolute atomic E-state index is 13.7. The highest BCUT2D eigenvalue weighted by molar-refractivity contribution is 6.07. The lowest BCUT2D eigenvalue weighted by molar-refractivity contribution is -0.137. The number of rotatable bonds is 5. The highest BCUT2D eigenvalue weighted by Gasteiger charge is 2.43. The van der Waals surface area contributed by atoms with Gasteiger partial charge in [-0.05, 0) is 42.7 Å². The summed E-state index contributed by atoms with van der Waals surface area (Å²) in [7, 11) is 0. The van der Waals surface area contributed by atoms with Gasteiger partial charge in [-0.2, -0.15) is 13.2 Å². The van der Waals surface area contributed by atoms with E-state index in [4.69, 9.17) is 4.74 Å². The molecule has 1 atom stereocenters. The highest BCUT2D eigenvalue weighted by Crippen LogP contribution is 2.46. The summed E-state index contributed by atoms with van der Waals surface area (Å²) in [5, 5.41) is 0. The lowest BCUT2D eigenvalue weighted by Gasteiger charge is -2.39. The van der Waals surface area contributed by atoms with Crippen molar-refractivity contribution >= 4 is 17.4 Å². The van der Waals surface area contributed by atoms with Crippen molar-refractivity contribution in [1.29, 1.82) is 0 Å². The fourth-order valence-corrected chi connectivity index (χ4v) is 4.42. The van der Waals surface area contributed by atoms with E-state index in [2.05, 4.69) is 6.58 Å². The fraction of sp³-hybridized carbons (Fsp3) is 0.280. The predicted molar refractivity (Wildman–Crippen MR) is 114 cm³/mol. The number of allylic oxidation sites excluding steroid dienone is 2. The van der Waals surface area contributed by atoms with Gasteiger partial charge >= 0.3 is 6.18 Å². The summed E-state index contributed by atoms with van der Waals surface area (Å²) in [4.78, 5) is 27.3. The topological polar surface area (TPSA) is 46.6 Å². The minimum Gasteiger partial charge on any atom is -0.490 e. The second kappa shape index (κ2) is 8.65. The number of Topliss-reactive ketones (excluding diaryl/α,β-unsaturated/α-hetero) is 1. The lowest BCUT2D eigenvalue weighted by Crippen LogP contribution is -2.41. The number of nitrogens with zero attached hydrogens (tertiary/aromatic N) is 1. The van der Waals surface area contributed by atoms with Crippen molar-refractivity contribution in [3.63, 3.8) is 0 Å². The monoisotopic (exact) mass is 441 g/mol. The average Bonchev–Trinajstić information content (AvgIpc) is 2.77. The number of benzene rings is 2. The summed E-state index contributed by atoms with van der Waals surface area (Å²) in [6.45, 7) is 3.95. The molecule has 1 unspecified atom stereocenters. The second-order valence-electron chi connectivity index (χ2n) is 7.81. The molecule has 1 heterocycles. The normalized spacial score (nSPS) is 19.1. The van der Waals surface area contributed by atoms with E-state index in [1.807, 2.05) is 0 Å². The number of alkyl halides is 3. The van der Waals surface area contributed by atoms with Crippen LogP contribution in [0.25, 0.3) is 0 Å². The van der Waals surface area contributed by atoms with Gasteiger partial charge in [-0.3, -0.25) is 14.5 Å². The van der Waals surface area contributed by atoms with Crippen LogP contribution >= 0.6 is 0 Å². The first kappa shape index (κ1) is 21.9. The van der Waals surface area contributed by atoms with Gasteiger partial charge in [-0.25, -0.2) is 0 Å². The van der Waals surface area contributed by atoms with Crippen molar-refractivity contribution in [3.05, 3.63) is 83.6 Å². The molecule has 0 N–H and O–H groups in total. The van der Waals surface area contributed by atoms with E-state index in [1.165, 1.54) is 18.2 Å². The third-order valence-corrected chi connectivity index (χ3v) is 5.78. The van der Waals surface area contributed by atoms with Gasteiger partial charge in [0.25, 0.3) is 0 Å². The number of hydrogen-bond acceptors (Lipinski definition) is 3. The summed E-state index contributed by atoms with van der Waals surface area (Å²) in [6, 6.07) is 12.1.